The molecule has 0 unspecified atom stereocenters. The van der Waals surface area contributed by atoms with Gasteiger partial charge in [0.25, 0.3) is 5.91 Å². The van der Waals surface area contributed by atoms with E-state index in [1.165, 1.54) is 18.4 Å². The topological polar surface area (TPSA) is 81.2 Å². The summed E-state index contributed by atoms with van der Waals surface area (Å²) in [6, 6.07) is 3.33. The van der Waals surface area contributed by atoms with Crippen molar-refractivity contribution in [3.8, 4) is 0 Å². The van der Waals surface area contributed by atoms with Crippen LogP contribution in [-0.4, -0.2) is 29.0 Å². The minimum absolute atomic E-state index is 0.0827. The third-order valence-electron chi connectivity index (χ3n) is 2.29. The summed E-state index contributed by atoms with van der Waals surface area (Å²) in [4.78, 5) is 31.1. The first kappa shape index (κ1) is 14.6. The Balaban J connectivity index is 2.01. The van der Waals surface area contributed by atoms with Gasteiger partial charge in [-0.25, -0.2) is 9.97 Å². The van der Waals surface area contributed by atoms with E-state index in [9.17, 15) is 9.59 Å². The molecule has 0 aliphatic heterocycles. The Bertz CT molecular complexity index is 627. The van der Waals surface area contributed by atoms with E-state index in [2.05, 4.69) is 36.0 Å². The molecule has 2 aromatic heterocycles. The summed E-state index contributed by atoms with van der Waals surface area (Å²) in [7, 11) is 1.32. The third-order valence-corrected chi connectivity index (χ3v) is 3.56. The van der Waals surface area contributed by atoms with Crippen molar-refractivity contribution in [1.29, 1.82) is 0 Å². The van der Waals surface area contributed by atoms with Crippen molar-refractivity contribution in [3.63, 3.8) is 0 Å². The van der Waals surface area contributed by atoms with E-state index in [0.717, 1.165) is 4.47 Å². The second-order valence-corrected chi connectivity index (χ2v) is 5.49. The molecule has 104 valence electrons. The van der Waals surface area contributed by atoms with Crippen LogP contribution in [0.2, 0.25) is 0 Å². The highest BCUT2D eigenvalue weighted by molar-refractivity contribution is 9.10. The third kappa shape index (κ3) is 3.84. The fourth-order valence-corrected chi connectivity index (χ4v) is 2.28. The maximum atomic E-state index is 11.9. The summed E-state index contributed by atoms with van der Waals surface area (Å²) >= 11 is 4.49. The maximum absolute atomic E-state index is 11.9. The Morgan fingerprint density at radius 1 is 1.45 bits per heavy atom. The standard InChI is InChI=1S/C12H10BrN3O3S/c1-19-10(17)4-8-6-20-12(15-8)16-11(18)9-3-2-7(13)5-14-9/h2-3,5-6H,4H2,1H3,(H,15,16,18). The highest BCUT2D eigenvalue weighted by Crippen LogP contribution is 2.17. The predicted molar refractivity (Wildman–Crippen MR) is 77.7 cm³/mol. The van der Waals surface area contributed by atoms with Gasteiger partial charge in [0.1, 0.15) is 5.69 Å². The van der Waals surface area contributed by atoms with Gasteiger partial charge in [-0.2, -0.15) is 0 Å². The molecule has 8 heteroatoms. The Hall–Kier alpha value is -1.80. The van der Waals surface area contributed by atoms with Gasteiger partial charge < -0.3 is 4.74 Å². The number of nitrogens with zero attached hydrogens (tertiary/aromatic N) is 2. The fourth-order valence-electron chi connectivity index (χ4n) is 1.34. The monoisotopic (exact) mass is 355 g/mol. The van der Waals surface area contributed by atoms with Crippen molar-refractivity contribution in [2.45, 2.75) is 6.42 Å². The second kappa shape index (κ2) is 6.58. The molecule has 20 heavy (non-hydrogen) atoms. The van der Waals surface area contributed by atoms with Crippen LogP contribution in [0.4, 0.5) is 5.13 Å². The zero-order chi connectivity index (χ0) is 14.5. The average molecular weight is 356 g/mol. The number of hydrogen-bond acceptors (Lipinski definition) is 6. The van der Waals surface area contributed by atoms with Crippen molar-refractivity contribution >= 4 is 44.3 Å². The van der Waals surface area contributed by atoms with Gasteiger partial charge in [-0.15, -0.1) is 11.3 Å². The predicted octanol–water partition coefficient (Wildman–Crippen LogP) is 2.27. The SMILES string of the molecule is COC(=O)Cc1csc(NC(=O)c2ccc(Br)cn2)n1. The van der Waals surface area contributed by atoms with Crippen LogP contribution in [0, 0.1) is 0 Å². The smallest absolute Gasteiger partial charge is 0.311 e. The molecule has 0 saturated carbocycles. The van der Waals surface area contributed by atoms with Crippen LogP contribution in [0.5, 0.6) is 0 Å². The Kier molecular flexibility index (Phi) is 4.80. The zero-order valence-electron chi connectivity index (χ0n) is 10.4. The molecule has 0 radical (unpaired) electrons. The number of nitrogens with one attached hydrogen (secondary N) is 1. The van der Waals surface area contributed by atoms with Crippen molar-refractivity contribution < 1.29 is 14.3 Å². The van der Waals surface area contributed by atoms with Gasteiger partial charge in [-0.3, -0.25) is 14.9 Å². The molecule has 2 heterocycles. The number of hydrogen-bond donors (Lipinski definition) is 1. The molecule has 6 nitrogen and oxygen atoms in total. The molecule has 1 N–H and O–H groups in total. The number of aromatic nitrogens is 2. The van der Waals surface area contributed by atoms with Gasteiger partial charge in [0.15, 0.2) is 5.13 Å². The number of rotatable bonds is 4. The summed E-state index contributed by atoms with van der Waals surface area (Å²) in [5.41, 5.74) is 0.846. The maximum Gasteiger partial charge on any atom is 0.311 e. The van der Waals surface area contributed by atoms with Crippen LogP contribution in [0.1, 0.15) is 16.2 Å². The summed E-state index contributed by atoms with van der Waals surface area (Å²) < 4.78 is 5.34. The van der Waals surface area contributed by atoms with Crippen LogP contribution in [0.25, 0.3) is 0 Å². The van der Waals surface area contributed by atoms with Gasteiger partial charge in [-0.05, 0) is 28.1 Å². The number of thiazole rings is 1. The first-order chi connectivity index (χ1) is 9.58. The molecule has 0 bridgehead atoms. The molecular formula is C12H10BrN3O3S. The number of pyridine rings is 1. The molecule has 2 aromatic rings. The van der Waals surface area contributed by atoms with Crippen LogP contribution < -0.4 is 5.32 Å². The van der Waals surface area contributed by atoms with E-state index in [1.54, 1.807) is 23.7 Å². The van der Waals surface area contributed by atoms with Gasteiger partial charge in [-0.1, -0.05) is 0 Å². The molecule has 0 atom stereocenters. The number of anilines is 1. The van der Waals surface area contributed by atoms with Crippen LogP contribution >= 0.6 is 27.3 Å². The molecule has 0 spiro atoms. The Morgan fingerprint density at radius 2 is 2.25 bits per heavy atom. The minimum Gasteiger partial charge on any atom is -0.469 e. The first-order valence-corrected chi connectivity index (χ1v) is 7.20. The van der Waals surface area contributed by atoms with Crippen LogP contribution in [0.15, 0.2) is 28.2 Å². The molecule has 0 saturated heterocycles. The van der Waals surface area contributed by atoms with Gasteiger partial charge in [0, 0.05) is 16.0 Å². The number of amides is 1. The number of ether oxygens (including phenoxy) is 1. The lowest BCUT2D eigenvalue weighted by molar-refractivity contribution is -0.139. The zero-order valence-corrected chi connectivity index (χ0v) is 12.8. The molecular weight excluding hydrogens is 346 g/mol. The van der Waals surface area contributed by atoms with Crippen molar-refractivity contribution in [3.05, 3.63) is 39.6 Å². The number of esters is 1. The summed E-state index contributed by atoms with van der Waals surface area (Å²) in [6.45, 7) is 0. The molecule has 0 aromatic carbocycles. The number of carbonyl (C=O) groups excluding carboxylic acids is 2. The largest absolute Gasteiger partial charge is 0.469 e. The van der Waals surface area contributed by atoms with E-state index in [1.807, 2.05) is 0 Å². The van der Waals surface area contributed by atoms with Crippen LogP contribution in [0.3, 0.4) is 0 Å². The lowest BCUT2D eigenvalue weighted by Crippen LogP contribution is -2.13. The fraction of sp³-hybridized carbons (Fsp3) is 0.167. The summed E-state index contributed by atoms with van der Waals surface area (Å²) in [6.07, 6.45) is 1.62. The Labute approximate surface area is 127 Å². The van der Waals surface area contributed by atoms with Gasteiger partial charge in [0.05, 0.1) is 19.2 Å². The quantitative estimate of drug-likeness (QED) is 0.850. The average Bonchev–Trinajstić information content (AvgIpc) is 2.86. The second-order valence-electron chi connectivity index (χ2n) is 3.71. The summed E-state index contributed by atoms with van der Waals surface area (Å²) in [5.74, 6) is -0.723. The first-order valence-electron chi connectivity index (χ1n) is 5.52. The number of carbonyl (C=O) groups is 2. The lowest BCUT2D eigenvalue weighted by atomic mass is 10.3. The van der Waals surface area contributed by atoms with Gasteiger partial charge in [0.2, 0.25) is 0 Å². The molecule has 0 fully saturated rings. The van der Waals surface area contributed by atoms with Crippen molar-refractivity contribution in [1.82, 2.24) is 9.97 Å². The highest BCUT2D eigenvalue weighted by atomic mass is 79.9. The van der Waals surface area contributed by atoms with Crippen molar-refractivity contribution in [2.24, 2.45) is 0 Å². The number of halogens is 1. The van der Waals surface area contributed by atoms with E-state index in [4.69, 9.17) is 0 Å². The van der Waals surface area contributed by atoms with Gasteiger partial charge >= 0.3 is 5.97 Å². The number of methoxy groups -OCH3 is 1. The van der Waals surface area contributed by atoms with Crippen LogP contribution in [-0.2, 0) is 16.0 Å². The molecule has 2 rings (SSSR count). The lowest BCUT2D eigenvalue weighted by Gasteiger charge is -2.00. The minimum atomic E-state index is -0.372. The van der Waals surface area contributed by atoms with E-state index >= 15 is 0 Å². The highest BCUT2D eigenvalue weighted by Gasteiger charge is 2.12. The summed E-state index contributed by atoms with van der Waals surface area (Å²) in [5, 5.41) is 4.74. The van der Waals surface area contributed by atoms with E-state index < -0.39 is 0 Å². The van der Waals surface area contributed by atoms with E-state index in [-0.39, 0.29) is 24.0 Å². The molecule has 0 aliphatic rings. The normalized spacial score (nSPS) is 10.1. The Morgan fingerprint density at radius 3 is 2.90 bits per heavy atom. The molecule has 1 amide bonds. The molecule has 0 aliphatic carbocycles. The van der Waals surface area contributed by atoms with E-state index in [0.29, 0.717) is 10.8 Å². The van der Waals surface area contributed by atoms with Crippen molar-refractivity contribution in [2.75, 3.05) is 12.4 Å².